The van der Waals surface area contributed by atoms with Crippen LogP contribution in [0.2, 0.25) is 0 Å². The predicted octanol–water partition coefficient (Wildman–Crippen LogP) is 3.96. The predicted molar refractivity (Wildman–Crippen MR) is 125 cm³/mol. The number of fused-ring (bicyclic) bond motifs is 4. The van der Waals surface area contributed by atoms with Gasteiger partial charge >= 0.3 is 5.97 Å². The SMILES string of the molecule is O=C1C[C@@H](c2cccc3nccnc23)c2c(cc(O)c3c(=O)cc(-c4ccc(O)c(O)c4)oc23)O1. The zero-order valence-electron chi connectivity index (χ0n) is 17.9. The molecule has 0 bridgehead atoms. The maximum absolute atomic E-state index is 13.1. The van der Waals surface area contributed by atoms with Crippen molar-refractivity contribution in [2.45, 2.75) is 12.3 Å². The van der Waals surface area contributed by atoms with Crippen LogP contribution in [-0.4, -0.2) is 31.3 Å². The molecule has 0 amide bonds. The fourth-order valence-electron chi connectivity index (χ4n) is 4.54. The van der Waals surface area contributed by atoms with E-state index in [2.05, 4.69) is 9.97 Å². The quantitative estimate of drug-likeness (QED) is 0.199. The third-order valence-electron chi connectivity index (χ3n) is 6.09. The molecule has 1 aliphatic heterocycles. The van der Waals surface area contributed by atoms with Crippen LogP contribution >= 0.6 is 0 Å². The Kier molecular flexibility index (Phi) is 4.46. The van der Waals surface area contributed by atoms with Crippen LogP contribution in [-0.2, 0) is 4.79 Å². The number of hydrogen-bond donors (Lipinski definition) is 3. The first-order valence-electron chi connectivity index (χ1n) is 10.7. The Labute approximate surface area is 196 Å². The summed E-state index contributed by atoms with van der Waals surface area (Å²) >= 11 is 0. The van der Waals surface area contributed by atoms with E-state index in [4.69, 9.17) is 9.15 Å². The highest BCUT2D eigenvalue weighted by Crippen LogP contribution is 2.47. The molecule has 0 aliphatic carbocycles. The molecular weight excluding hydrogens is 452 g/mol. The summed E-state index contributed by atoms with van der Waals surface area (Å²) in [4.78, 5) is 34.4. The number of carbonyl (C=O) groups is 1. The fraction of sp³-hybridized carbons (Fsp3) is 0.0769. The summed E-state index contributed by atoms with van der Waals surface area (Å²) in [5, 5.41) is 30.1. The van der Waals surface area contributed by atoms with Gasteiger partial charge < -0.3 is 24.5 Å². The standard InChI is InChI=1S/C26H16N2O7/c29-16-5-4-12(8-17(16)30)20-10-18(31)24-19(32)11-21-23(26(24)35-20)14(9-22(33)34-21)13-2-1-3-15-25(13)28-7-6-27-15/h1-8,10-11,14,29-30,32H,9H2/t14-/m0/s1. The molecule has 0 saturated heterocycles. The van der Waals surface area contributed by atoms with Crippen LogP contribution in [0.3, 0.4) is 0 Å². The van der Waals surface area contributed by atoms with Crippen molar-refractivity contribution in [2.24, 2.45) is 0 Å². The van der Waals surface area contributed by atoms with E-state index >= 15 is 0 Å². The van der Waals surface area contributed by atoms with Crippen LogP contribution in [0.1, 0.15) is 23.5 Å². The van der Waals surface area contributed by atoms with E-state index in [0.717, 1.165) is 0 Å². The van der Waals surface area contributed by atoms with Gasteiger partial charge in [0.05, 0.1) is 17.5 Å². The molecule has 3 heterocycles. The first kappa shape index (κ1) is 20.7. The third kappa shape index (κ3) is 3.24. The van der Waals surface area contributed by atoms with Crippen LogP contribution < -0.4 is 10.2 Å². The summed E-state index contributed by atoms with van der Waals surface area (Å²) in [6.07, 6.45) is 3.08. The molecule has 0 fully saturated rings. The lowest BCUT2D eigenvalue weighted by Crippen LogP contribution is -2.22. The minimum absolute atomic E-state index is 0.0451. The fourth-order valence-corrected chi connectivity index (χ4v) is 4.54. The summed E-state index contributed by atoms with van der Waals surface area (Å²) < 4.78 is 11.6. The van der Waals surface area contributed by atoms with Gasteiger partial charge in [0.1, 0.15) is 28.2 Å². The molecule has 1 atom stereocenters. The summed E-state index contributed by atoms with van der Waals surface area (Å²) in [7, 11) is 0. The number of ether oxygens (including phenoxy) is 1. The van der Waals surface area contributed by atoms with Crippen molar-refractivity contribution in [1.29, 1.82) is 0 Å². The number of phenolic OH excluding ortho intramolecular Hbond substituents is 3. The van der Waals surface area contributed by atoms with Crippen molar-refractivity contribution in [3.63, 3.8) is 0 Å². The topological polar surface area (TPSA) is 143 Å². The van der Waals surface area contributed by atoms with E-state index < -0.39 is 23.1 Å². The minimum atomic E-state index is -0.596. The summed E-state index contributed by atoms with van der Waals surface area (Å²) in [5.41, 5.74) is 2.18. The maximum atomic E-state index is 13.1. The smallest absolute Gasteiger partial charge is 0.312 e. The van der Waals surface area contributed by atoms with Gasteiger partial charge in [-0.15, -0.1) is 0 Å². The lowest BCUT2D eigenvalue weighted by atomic mass is 9.84. The van der Waals surface area contributed by atoms with Crippen molar-refractivity contribution in [2.75, 3.05) is 0 Å². The number of benzene rings is 3. The minimum Gasteiger partial charge on any atom is -0.507 e. The second kappa shape index (κ2) is 7.56. The van der Waals surface area contributed by atoms with E-state index in [1.165, 1.54) is 30.3 Å². The molecule has 0 unspecified atom stereocenters. The maximum Gasteiger partial charge on any atom is 0.312 e. The van der Waals surface area contributed by atoms with Crippen LogP contribution in [0.15, 0.2) is 70.1 Å². The van der Waals surface area contributed by atoms with E-state index in [-0.39, 0.29) is 40.4 Å². The highest BCUT2D eigenvalue weighted by Gasteiger charge is 2.34. The highest BCUT2D eigenvalue weighted by molar-refractivity contribution is 5.94. The molecule has 6 rings (SSSR count). The number of aromatic nitrogens is 2. The molecule has 5 aromatic rings. The number of phenols is 3. The molecule has 1 aliphatic rings. The first-order chi connectivity index (χ1) is 16.9. The average Bonchev–Trinajstić information content (AvgIpc) is 2.84. The van der Waals surface area contributed by atoms with Crippen molar-refractivity contribution in [3.05, 3.63) is 82.3 Å². The van der Waals surface area contributed by atoms with Gasteiger partial charge in [-0.05, 0) is 29.8 Å². The molecule has 3 aromatic carbocycles. The molecule has 9 heteroatoms. The Morgan fingerprint density at radius 2 is 1.71 bits per heavy atom. The number of esters is 1. The third-order valence-corrected chi connectivity index (χ3v) is 6.09. The van der Waals surface area contributed by atoms with Crippen molar-refractivity contribution < 1.29 is 29.3 Å². The Morgan fingerprint density at radius 1 is 0.886 bits per heavy atom. The van der Waals surface area contributed by atoms with Crippen LogP contribution in [0.5, 0.6) is 23.0 Å². The zero-order chi connectivity index (χ0) is 24.3. The van der Waals surface area contributed by atoms with E-state index in [9.17, 15) is 24.9 Å². The summed E-state index contributed by atoms with van der Waals surface area (Å²) in [6, 6.07) is 11.9. The lowest BCUT2D eigenvalue weighted by molar-refractivity contribution is -0.135. The Hall–Kier alpha value is -4.92. The highest BCUT2D eigenvalue weighted by atomic mass is 16.5. The van der Waals surface area contributed by atoms with Gasteiger partial charge in [0.25, 0.3) is 0 Å². The Morgan fingerprint density at radius 3 is 2.54 bits per heavy atom. The van der Waals surface area contributed by atoms with Gasteiger partial charge in [0.2, 0.25) is 0 Å². The van der Waals surface area contributed by atoms with Gasteiger partial charge in [0.15, 0.2) is 16.9 Å². The normalized spacial score (nSPS) is 15.2. The number of hydrogen-bond acceptors (Lipinski definition) is 9. The summed E-state index contributed by atoms with van der Waals surface area (Å²) in [5.74, 6) is -2.03. The lowest BCUT2D eigenvalue weighted by Gasteiger charge is -2.26. The van der Waals surface area contributed by atoms with Crippen molar-refractivity contribution in [1.82, 2.24) is 9.97 Å². The van der Waals surface area contributed by atoms with Gasteiger partial charge in [-0.1, -0.05) is 12.1 Å². The van der Waals surface area contributed by atoms with Gasteiger partial charge in [-0.25, -0.2) is 0 Å². The largest absolute Gasteiger partial charge is 0.507 e. The molecule has 0 saturated carbocycles. The van der Waals surface area contributed by atoms with E-state index in [0.29, 0.717) is 27.7 Å². The average molecular weight is 468 g/mol. The van der Waals surface area contributed by atoms with Crippen LogP contribution in [0.25, 0.3) is 33.3 Å². The number of carbonyl (C=O) groups excluding carboxylic acids is 1. The van der Waals surface area contributed by atoms with Gasteiger partial charge in [-0.2, -0.15) is 0 Å². The second-order valence-electron chi connectivity index (χ2n) is 8.19. The molecular formula is C26H16N2O7. The number of aromatic hydroxyl groups is 3. The summed E-state index contributed by atoms with van der Waals surface area (Å²) in [6.45, 7) is 0. The van der Waals surface area contributed by atoms with E-state index in [1.807, 2.05) is 6.07 Å². The number of nitrogens with zero attached hydrogens (tertiary/aromatic N) is 2. The first-order valence-corrected chi connectivity index (χ1v) is 10.7. The van der Waals surface area contributed by atoms with Crippen molar-refractivity contribution >= 4 is 28.0 Å². The number of rotatable bonds is 2. The van der Waals surface area contributed by atoms with Crippen LogP contribution in [0.4, 0.5) is 0 Å². The molecule has 172 valence electrons. The Balaban J connectivity index is 1.68. The molecule has 0 radical (unpaired) electrons. The van der Waals surface area contributed by atoms with Crippen LogP contribution in [0, 0.1) is 0 Å². The molecule has 2 aromatic heterocycles. The molecule has 35 heavy (non-hydrogen) atoms. The molecule has 0 spiro atoms. The monoisotopic (exact) mass is 468 g/mol. The van der Waals surface area contributed by atoms with Crippen molar-refractivity contribution in [3.8, 4) is 34.3 Å². The second-order valence-corrected chi connectivity index (χ2v) is 8.19. The Bertz CT molecular complexity index is 1740. The zero-order valence-corrected chi connectivity index (χ0v) is 17.9. The van der Waals surface area contributed by atoms with Gasteiger partial charge in [0, 0.05) is 41.6 Å². The molecule has 9 nitrogen and oxygen atoms in total. The number of para-hydroxylation sites is 1. The van der Waals surface area contributed by atoms with Gasteiger partial charge in [-0.3, -0.25) is 19.6 Å². The molecule has 3 N–H and O–H groups in total. The van der Waals surface area contributed by atoms with E-state index in [1.54, 1.807) is 24.5 Å².